The van der Waals surface area contributed by atoms with Crippen molar-refractivity contribution in [1.82, 2.24) is 24.9 Å². The van der Waals surface area contributed by atoms with Gasteiger partial charge in [0.15, 0.2) is 11.0 Å². The van der Waals surface area contributed by atoms with Crippen molar-refractivity contribution >= 4 is 11.8 Å². The monoisotopic (exact) mass is 409 g/mol. The van der Waals surface area contributed by atoms with Crippen LogP contribution in [0.1, 0.15) is 31.2 Å². The summed E-state index contributed by atoms with van der Waals surface area (Å²) in [5.74, 6) is 2.44. The van der Waals surface area contributed by atoms with Crippen molar-refractivity contribution in [3.63, 3.8) is 0 Å². The van der Waals surface area contributed by atoms with E-state index < -0.39 is 0 Å². The largest absolute Gasteiger partial charge is 0.338 e. The number of thioether (sulfide) groups is 1. The van der Waals surface area contributed by atoms with E-state index in [2.05, 4.69) is 46.3 Å². The van der Waals surface area contributed by atoms with Gasteiger partial charge in [0.05, 0.1) is 5.75 Å². The van der Waals surface area contributed by atoms with Crippen LogP contribution < -0.4 is 0 Å². The summed E-state index contributed by atoms with van der Waals surface area (Å²) in [6, 6.07) is 14.4. The molecule has 4 aromatic rings. The van der Waals surface area contributed by atoms with Crippen molar-refractivity contribution < 1.29 is 8.91 Å². The lowest BCUT2D eigenvalue weighted by Gasteiger charge is -2.04. The van der Waals surface area contributed by atoms with Crippen LogP contribution in [-0.4, -0.2) is 24.9 Å². The summed E-state index contributed by atoms with van der Waals surface area (Å²) in [4.78, 5) is 4.48. The second kappa shape index (κ2) is 8.16. The van der Waals surface area contributed by atoms with Crippen LogP contribution in [0.15, 0.2) is 58.2 Å². The number of hydrogen-bond acceptors (Lipinski definition) is 6. The van der Waals surface area contributed by atoms with Gasteiger partial charge in [-0.15, -0.1) is 10.2 Å². The second-order valence-electron chi connectivity index (χ2n) is 6.95. The van der Waals surface area contributed by atoms with E-state index in [1.807, 2.05) is 23.7 Å². The topological polar surface area (TPSA) is 69.6 Å². The SMILES string of the molecule is CC(C)c1ccc(-c2noc(CSc3nnc(-c4ccc(F)cc4)n3C)n2)cc1. The third-order valence-corrected chi connectivity index (χ3v) is 5.57. The summed E-state index contributed by atoms with van der Waals surface area (Å²) in [6.07, 6.45) is 0. The van der Waals surface area contributed by atoms with Gasteiger partial charge in [0.2, 0.25) is 11.7 Å². The Hall–Kier alpha value is -3.00. The van der Waals surface area contributed by atoms with Gasteiger partial charge in [-0.3, -0.25) is 0 Å². The molecular formula is C21H20FN5OS. The number of benzene rings is 2. The minimum Gasteiger partial charge on any atom is -0.338 e. The summed E-state index contributed by atoms with van der Waals surface area (Å²) in [5.41, 5.74) is 3.00. The highest BCUT2D eigenvalue weighted by Gasteiger charge is 2.14. The molecule has 4 rings (SSSR count). The Labute approximate surface area is 172 Å². The maximum Gasteiger partial charge on any atom is 0.237 e. The van der Waals surface area contributed by atoms with E-state index >= 15 is 0 Å². The Morgan fingerprint density at radius 3 is 2.38 bits per heavy atom. The molecule has 0 bridgehead atoms. The molecule has 0 amide bonds. The minimum absolute atomic E-state index is 0.281. The van der Waals surface area contributed by atoms with Crippen LogP contribution in [0.2, 0.25) is 0 Å². The maximum atomic E-state index is 13.1. The van der Waals surface area contributed by atoms with E-state index in [1.165, 1.54) is 29.5 Å². The number of aromatic nitrogens is 5. The van der Waals surface area contributed by atoms with Gasteiger partial charge in [-0.25, -0.2) is 4.39 Å². The molecule has 0 radical (unpaired) electrons. The van der Waals surface area contributed by atoms with Crippen molar-refractivity contribution in [3.8, 4) is 22.8 Å². The van der Waals surface area contributed by atoms with Crippen LogP contribution in [-0.2, 0) is 12.8 Å². The summed E-state index contributed by atoms with van der Waals surface area (Å²) >= 11 is 1.45. The first kappa shape index (κ1) is 19.3. The molecule has 2 aromatic carbocycles. The molecule has 0 aliphatic carbocycles. The Morgan fingerprint density at radius 1 is 1.00 bits per heavy atom. The molecule has 0 aliphatic heterocycles. The fraction of sp³-hybridized carbons (Fsp3) is 0.238. The van der Waals surface area contributed by atoms with Crippen LogP contribution in [0.25, 0.3) is 22.8 Å². The number of nitrogens with zero attached hydrogens (tertiary/aromatic N) is 5. The molecular weight excluding hydrogens is 389 g/mol. The van der Waals surface area contributed by atoms with Gasteiger partial charge >= 0.3 is 0 Å². The highest BCUT2D eigenvalue weighted by atomic mass is 32.2. The second-order valence-corrected chi connectivity index (χ2v) is 7.89. The zero-order valence-corrected chi connectivity index (χ0v) is 17.2. The van der Waals surface area contributed by atoms with Crippen molar-refractivity contribution in [2.45, 2.75) is 30.7 Å². The predicted octanol–water partition coefficient (Wildman–Crippen LogP) is 5.09. The van der Waals surface area contributed by atoms with Crippen LogP contribution in [0.3, 0.4) is 0 Å². The Kier molecular flexibility index (Phi) is 5.44. The molecule has 0 saturated carbocycles. The Morgan fingerprint density at radius 2 is 1.69 bits per heavy atom. The minimum atomic E-state index is -0.281. The first-order valence-corrected chi connectivity index (χ1v) is 10.2. The Balaban J connectivity index is 1.44. The third kappa shape index (κ3) is 4.22. The molecule has 0 atom stereocenters. The fourth-order valence-corrected chi connectivity index (χ4v) is 3.61. The predicted molar refractivity (Wildman–Crippen MR) is 110 cm³/mol. The highest BCUT2D eigenvalue weighted by Crippen LogP contribution is 2.26. The van der Waals surface area contributed by atoms with Gasteiger partial charge in [0, 0.05) is 18.2 Å². The lowest BCUT2D eigenvalue weighted by Crippen LogP contribution is -1.95. The molecule has 0 saturated heterocycles. The summed E-state index contributed by atoms with van der Waals surface area (Å²) in [7, 11) is 1.87. The Bertz CT molecular complexity index is 1100. The van der Waals surface area contributed by atoms with E-state index in [0.717, 1.165) is 11.1 Å². The van der Waals surface area contributed by atoms with Gasteiger partial charge in [0.1, 0.15) is 5.82 Å². The van der Waals surface area contributed by atoms with E-state index in [-0.39, 0.29) is 5.82 Å². The van der Waals surface area contributed by atoms with Gasteiger partial charge in [-0.1, -0.05) is 55.0 Å². The summed E-state index contributed by atoms with van der Waals surface area (Å²) in [6.45, 7) is 4.32. The van der Waals surface area contributed by atoms with E-state index in [0.29, 0.717) is 34.4 Å². The summed E-state index contributed by atoms with van der Waals surface area (Å²) in [5, 5.41) is 13.2. The molecule has 0 N–H and O–H groups in total. The first-order chi connectivity index (χ1) is 14.0. The zero-order valence-electron chi connectivity index (χ0n) is 16.3. The average Bonchev–Trinajstić information content (AvgIpc) is 3.34. The van der Waals surface area contributed by atoms with Crippen molar-refractivity contribution in [2.24, 2.45) is 7.05 Å². The number of hydrogen-bond donors (Lipinski definition) is 0. The van der Waals surface area contributed by atoms with Crippen LogP contribution in [0, 0.1) is 5.82 Å². The van der Waals surface area contributed by atoms with Gasteiger partial charge < -0.3 is 9.09 Å². The molecule has 0 spiro atoms. The smallest absolute Gasteiger partial charge is 0.237 e. The van der Waals surface area contributed by atoms with Crippen molar-refractivity contribution in [3.05, 3.63) is 65.8 Å². The first-order valence-electron chi connectivity index (χ1n) is 9.22. The molecule has 0 unspecified atom stereocenters. The normalized spacial score (nSPS) is 11.3. The molecule has 8 heteroatoms. The average molecular weight is 409 g/mol. The molecule has 0 fully saturated rings. The van der Waals surface area contributed by atoms with Crippen molar-refractivity contribution in [1.29, 1.82) is 0 Å². The third-order valence-electron chi connectivity index (χ3n) is 4.57. The van der Waals surface area contributed by atoms with Crippen molar-refractivity contribution in [2.75, 3.05) is 0 Å². The van der Waals surface area contributed by atoms with Gasteiger partial charge in [-0.2, -0.15) is 4.98 Å². The molecule has 2 aromatic heterocycles. The van der Waals surface area contributed by atoms with E-state index in [1.54, 1.807) is 12.1 Å². The van der Waals surface area contributed by atoms with Crippen LogP contribution >= 0.6 is 11.8 Å². The standard InChI is InChI=1S/C21H20FN5OS/c1-13(2)14-4-6-15(7-5-14)19-23-18(28-26-19)12-29-21-25-24-20(27(21)3)16-8-10-17(22)11-9-16/h4-11,13H,12H2,1-3H3. The number of halogens is 1. The molecule has 6 nitrogen and oxygen atoms in total. The quantitative estimate of drug-likeness (QED) is 0.413. The highest BCUT2D eigenvalue weighted by molar-refractivity contribution is 7.98. The molecule has 0 aliphatic rings. The lowest BCUT2D eigenvalue weighted by molar-refractivity contribution is 0.391. The molecule has 29 heavy (non-hydrogen) atoms. The molecule has 148 valence electrons. The van der Waals surface area contributed by atoms with Gasteiger partial charge in [-0.05, 0) is 35.7 Å². The lowest BCUT2D eigenvalue weighted by atomic mass is 10.0. The zero-order chi connectivity index (χ0) is 20.4. The van der Waals surface area contributed by atoms with Crippen LogP contribution in [0.5, 0.6) is 0 Å². The van der Waals surface area contributed by atoms with E-state index in [4.69, 9.17) is 4.52 Å². The fourth-order valence-electron chi connectivity index (χ4n) is 2.87. The van der Waals surface area contributed by atoms with E-state index in [9.17, 15) is 4.39 Å². The number of rotatable bonds is 6. The van der Waals surface area contributed by atoms with Crippen LogP contribution in [0.4, 0.5) is 4.39 Å². The summed E-state index contributed by atoms with van der Waals surface area (Å²) < 4.78 is 20.4. The van der Waals surface area contributed by atoms with Gasteiger partial charge in [0.25, 0.3) is 0 Å². The maximum absolute atomic E-state index is 13.1. The molecule has 2 heterocycles.